The van der Waals surface area contributed by atoms with E-state index in [9.17, 15) is 4.79 Å². The first-order valence-corrected chi connectivity index (χ1v) is 14.7. The molecule has 0 aliphatic heterocycles. The number of carbonyl (C=O) groups is 1. The van der Waals surface area contributed by atoms with Crippen molar-refractivity contribution in [2.45, 2.75) is 142 Å². The minimum atomic E-state index is -0.657. The third-order valence-electron chi connectivity index (χ3n) is 6.69. The molecule has 1 atom stereocenters. The van der Waals surface area contributed by atoms with Crippen LogP contribution in [0.2, 0.25) is 0 Å². The van der Waals surface area contributed by atoms with Gasteiger partial charge < -0.3 is 10.0 Å². The quantitative estimate of drug-likeness (QED) is 0.0995. The van der Waals surface area contributed by atoms with Crippen LogP contribution in [0.5, 0.6) is 0 Å². The largest absolute Gasteiger partial charge is 0.481 e. The van der Waals surface area contributed by atoms with Crippen molar-refractivity contribution < 1.29 is 9.90 Å². The lowest BCUT2D eigenvalue weighted by Crippen LogP contribution is -2.21. The van der Waals surface area contributed by atoms with Gasteiger partial charge in [-0.05, 0) is 71.4 Å². The highest BCUT2D eigenvalue weighted by atomic mass is 16.4. The zero-order chi connectivity index (χ0) is 25.1. The van der Waals surface area contributed by atoms with Crippen LogP contribution < -0.4 is 0 Å². The van der Waals surface area contributed by atoms with Crippen molar-refractivity contribution in [1.29, 1.82) is 0 Å². The second-order valence-electron chi connectivity index (χ2n) is 10.6. The van der Waals surface area contributed by atoms with E-state index in [2.05, 4.69) is 50.2 Å². The van der Waals surface area contributed by atoms with Crippen LogP contribution in [-0.2, 0) is 4.79 Å². The predicted octanol–water partition coefficient (Wildman–Crippen LogP) is 9.57. The molecule has 0 aliphatic carbocycles. The van der Waals surface area contributed by atoms with E-state index in [4.69, 9.17) is 5.11 Å². The number of unbranched alkanes of at least 4 members (excludes halogenated alkanes) is 14. The Morgan fingerprint density at radius 2 is 1.15 bits per heavy atom. The van der Waals surface area contributed by atoms with Crippen molar-refractivity contribution in [3.05, 3.63) is 24.3 Å². The molecule has 0 fully saturated rings. The summed E-state index contributed by atoms with van der Waals surface area (Å²) in [5.74, 6) is 0.169. The molecule has 34 heavy (non-hydrogen) atoms. The molecule has 3 heteroatoms. The van der Waals surface area contributed by atoms with Gasteiger partial charge in [0.1, 0.15) is 0 Å². The van der Waals surface area contributed by atoms with E-state index in [1.807, 2.05) is 0 Å². The van der Waals surface area contributed by atoms with E-state index >= 15 is 0 Å². The smallest absolute Gasteiger partial charge is 0.303 e. The van der Waals surface area contributed by atoms with E-state index in [1.165, 1.54) is 116 Å². The Bertz CT molecular complexity index is 484. The first-order valence-electron chi connectivity index (χ1n) is 14.7. The lowest BCUT2D eigenvalue weighted by atomic mass is 9.93. The van der Waals surface area contributed by atoms with Gasteiger partial charge >= 0.3 is 5.97 Å². The molecule has 1 N–H and O–H groups in total. The van der Waals surface area contributed by atoms with Crippen LogP contribution >= 0.6 is 0 Å². The maximum atomic E-state index is 10.6. The van der Waals surface area contributed by atoms with E-state index in [0.717, 1.165) is 25.2 Å². The van der Waals surface area contributed by atoms with Gasteiger partial charge in [-0.3, -0.25) is 4.79 Å². The molecule has 0 spiro atoms. The van der Waals surface area contributed by atoms with Gasteiger partial charge in [-0.1, -0.05) is 108 Å². The van der Waals surface area contributed by atoms with Gasteiger partial charge in [0.15, 0.2) is 0 Å². The fourth-order valence-electron chi connectivity index (χ4n) is 4.68. The lowest BCUT2D eigenvalue weighted by molar-refractivity contribution is -0.137. The molecule has 0 aliphatic rings. The number of hydrogen-bond donors (Lipinski definition) is 1. The second-order valence-corrected chi connectivity index (χ2v) is 10.6. The topological polar surface area (TPSA) is 40.5 Å². The standard InChI is InChI=1S/C31H59NO2/c1-4-5-6-7-8-9-10-11-12-13-14-15-16-17-18-20-23-26-30(29-32(2)3)27-24-21-19-22-25-28-31(33)34/h8-9,11-12,30H,4-7,10,13-29H2,1-3H3,(H,33,34). The van der Waals surface area contributed by atoms with Crippen molar-refractivity contribution in [3.8, 4) is 0 Å². The van der Waals surface area contributed by atoms with Crippen molar-refractivity contribution >= 4 is 5.97 Å². The average Bonchev–Trinajstić information content (AvgIpc) is 2.79. The third kappa shape index (κ3) is 27.2. The molecule has 0 bridgehead atoms. The van der Waals surface area contributed by atoms with Crippen molar-refractivity contribution in [3.63, 3.8) is 0 Å². The summed E-state index contributed by atoms with van der Waals surface area (Å²) in [7, 11) is 4.39. The molecule has 0 aromatic rings. The van der Waals surface area contributed by atoms with Crippen molar-refractivity contribution in [1.82, 2.24) is 4.90 Å². The Labute approximate surface area is 213 Å². The summed E-state index contributed by atoms with van der Waals surface area (Å²) in [5, 5.41) is 8.71. The van der Waals surface area contributed by atoms with Crippen LogP contribution in [0, 0.1) is 5.92 Å². The maximum Gasteiger partial charge on any atom is 0.303 e. The number of aliphatic carboxylic acids is 1. The first-order chi connectivity index (χ1) is 16.6. The summed E-state index contributed by atoms with van der Waals surface area (Å²) in [6.45, 7) is 3.47. The van der Waals surface area contributed by atoms with Crippen molar-refractivity contribution in [2.75, 3.05) is 20.6 Å². The molecule has 0 amide bonds. The average molecular weight is 478 g/mol. The van der Waals surface area contributed by atoms with Gasteiger partial charge in [0.05, 0.1) is 0 Å². The molecule has 1 unspecified atom stereocenters. The summed E-state index contributed by atoms with van der Waals surface area (Å²) >= 11 is 0. The Morgan fingerprint density at radius 1 is 0.676 bits per heavy atom. The highest BCUT2D eigenvalue weighted by Crippen LogP contribution is 2.20. The number of carboxylic acids is 1. The second kappa shape index (κ2) is 26.5. The summed E-state index contributed by atoms with van der Waals surface area (Å²) in [6, 6.07) is 0. The van der Waals surface area contributed by atoms with Gasteiger partial charge in [-0.2, -0.15) is 0 Å². The van der Waals surface area contributed by atoms with Gasteiger partial charge in [-0.25, -0.2) is 0 Å². The van der Waals surface area contributed by atoms with Gasteiger partial charge in [-0.15, -0.1) is 0 Å². The molecular weight excluding hydrogens is 418 g/mol. The van der Waals surface area contributed by atoms with Crippen LogP contribution in [0.25, 0.3) is 0 Å². The number of hydrogen-bond acceptors (Lipinski definition) is 2. The Morgan fingerprint density at radius 3 is 1.65 bits per heavy atom. The minimum absolute atomic E-state index is 0.331. The van der Waals surface area contributed by atoms with Gasteiger partial charge in [0.25, 0.3) is 0 Å². The zero-order valence-electron chi connectivity index (χ0n) is 23.2. The number of allylic oxidation sites excluding steroid dienone is 4. The number of rotatable bonds is 26. The zero-order valence-corrected chi connectivity index (χ0v) is 23.2. The molecule has 0 saturated carbocycles. The van der Waals surface area contributed by atoms with E-state index in [1.54, 1.807) is 0 Å². The summed E-state index contributed by atoms with van der Waals surface area (Å²) in [5.41, 5.74) is 0. The summed E-state index contributed by atoms with van der Waals surface area (Å²) in [6.07, 6.45) is 35.4. The first kappa shape index (κ1) is 32.9. The lowest BCUT2D eigenvalue weighted by Gasteiger charge is -2.21. The normalized spacial score (nSPS) is 12.9. The number of carboxylic acid groups (broad SMARTS) is 1. The van der Waals surface area contributed by atoms with Crippen LogP contribution in [0.1, 0.15) is 142 Å². The predicted molar refractivity (Wildman–Crippen MR) is 151 cm³/mol. The molecule has 0 radical (unpaired) electrons. The Hall–Kier alpha value is -1.09. The fraction of sp³-hybridized carbons (Fsp3) is 0.839. The fourth-order valence-corrected chi connectivity index (χ4v) is 4.68. The maximum absolute atomic E-state index is 10.6. The highest BCUT2D eigenvalue weighted by Gasteiger charge is 2.10. The van der Waals surface area contributed by atoms with E-state index in [0.29, 0.717) is 6.42 Å². The molecular formula is C31H59NO2. The van der Waals surface area contributed by atoms with Crippen LogP contribution in [0.3, 0.4) is 0 Å². The van der Waals surface area contributed by atoms with Crippen LogP contribution in [-0.4, -0.2) is 36.6 Å². The third-order valence-corrected chi connectivity index (χ3v) is 6.69. The molecule has 0 aromatic heterocycles. The monoisotopic (exact) mass is 477 g/mol. The van der Waals surface area contributed by atoms with Crippen LogP contribution in [0.4, 0.5) is 0 Å². The van der Waals surface area contributed by atoms with Crippen LogP contribution in [0.15, 0.2) is 24.3 Å². The minimum Gasteiger partial charge on any atom is -0.481 e. The van der Waals surface area contributed by atoms with Gasteiger partial charge in [0.2, 0.25) is 0 Å². The van der Waals surface area contributed by atoms with Gasteiger partial charge in [0, 0.05) is 13.0 Å². The molecule has 0 rings (SSSR count). The molecule has 200 valence electrons. The Kier molecular flexibility index (Phi) is 25.7. The van der Waals surface area contributed by atoms with Crippen molar-refractivity contribution in [2.24, 2.45) is 5.92 Å². The molecule has 0 saturated heterocycles. The molecule has 0 aromatic carbocycles. The van der Waals surface area contributed by atoms with E-state index < -0.39 is 5.97 Å². The van der Waals surface area contributed by atoms with E-state index in [-0.39, 0.29) is 0 Å². The number of nitrogens with zero attached hydrogens (tertiary/aromatic N) is 1. The Balaban J connectivity index is 3.57. The summed E-state index contributed by atoms with van der Waals surface area (Å²) in [4.78, 5) is 12.9. The SMILES string of the molecule is CCCCCC=CCC=CCCCCCCCCCC(CCCCCCCC(=O)O)CN(C)C. The highest BCUT2D eigenvalue weighted by molar-refractivity contribution is 5.66. The molecule has 0 heterocycles. The molecule has 3 nitrogen and oxygen atoms in total. The summed E-state index contributed by atoms with van der Waals surface area (Å²) < 4.78 is 0.